The highest BCUT2D eigenvalue weighted by Crippen LogP contribution is 2.51. The minimum Gasteiger partial charge on any atom is -0.402 e. The van der Waals surface area contributed by atoms with E-state index in [2.05, 4.69) is 27.3 Å². The van der Waals surface area contributed by atoms with Crippen LogP contribution in [0, 0.1) is 0 Å². The lowest BCUT2D eigenvalue weighted by Gasteiger charge is -2.36. The average molecular weight is 567 g/mol. The van der Waals surface area contributed by atoms with Crippen LogP contribution in [0.15, 0.2) is 64.0 Å². The van der Waals surface area contributed by atoms with Crippen molar-refractivity contribution in [3.63, 3.8) is 0 Å². The summed E-state index contributed by atoms with van der Waals surface area (Å²) in [6.45, 7) is 3.82. The van der Waals surface area contributed by atoms with Crippen molar-refractivity contribution in [1.82, 2.24) is 15.2 Å². The molecule has 2 saturated carbocycles. The number of ketones is 1. The minimum absolute atomic E-state index is 0.0641. The molecule has 208 valence electrons. The van der Waals surface area contributed by atoms with E-state index in [9.17, 15) is 4.79 Å². The predicted molar refractivity (Wildman–Crippen MR) is 157 cm³/mol. The van der Waals surface area contributed by atoms with E-state index in [0.29, 0.717) is 24.6 Å². The first kappa shape index (κ1) is 24.9. The average Bonchev–Trinajstić information content (AvgIpc) is 3.47. The molecule has 4 heterocycles. The first-order valence-electron chi connectivity index (χ1n) is 14.3. The number of hydrogen-bond acceptors (Lipinski definition) is 10. The van der Waals surface area contributed by atoms with Gasteiger partial charge in [-0.15, -0.1) is 16.4 Å². The van der Waals surface area contributed by atoms with Crippen LogP contribution in [0.4, 0.5) is 11.0 Å². The molecule has 3 atom stereocenters. The van der Waals surface area contributed by atoms with Gasteiger partial charge in [0.25, 0.3) is 5.89 Å². The van der Waals surface area contributed by atoms with Gasteiger partial charge in [0.15, 0.2) is 17.6 Å². The van der Waals surface area contributed by atoms with Crippen LogP contribution in [0.3, 0.4) is 0 Å². The third-order valence-electron chi connectivity index (χ3n) is 8.74. The van der Waals surface area contributed by atoms with Crippen LogP contribution in [0.2, 0.25) is 0 Å². The third kappa shape index (κ3) is 4.36. The molecule has 3 fully saturated rings. The van der Waals surface area contributed by atoms with Crippen LogP contribution in [-0.2, 0) is 21.4 Å². The SMILES string of the molecule is CC1(c2nc(-c3nnc(N[C@H]4N=C(c5ccccc5)c5ccccc5CC4=O)o3)c(N3CCO[C@H]4C[C@H]43)s2)CCC1. The summed E-state index contributed by atoms with van der Waals surface area (Å²) in [6, 6.07) is 18.4. The zero-order chi connectivity index (χ0) is 27.6. The van der Waals surface area contributed by atoms with Crippen LogP contribution in [0.25, 0.3) is 11.6 Å². The molecule has 10 heteroatoms. The zero-order valence-corrected chi connectivity index (χ0v) is 23.6. The number of Topliss-reactive ketones (excluding diaryl/α,β-unsaturated/α-hetero) is 1. The van der Waals surface area contributed by atoms with Crippen LogP contribution in [-0.4, -0.2) is 58.1 Å². The number of carbonyl (C=O) groups excluding carboxylic acids is 1. The number of morpholine rings is 1. The van der Waals surface area contributed by atoms with Gasteiger partial charge < -0.3 is 19.4 Å². The molecule has 41 heavy (non-hydrogen) atoms. The number of nitrogens with zero attached hydrogens (tertiary/aromatic N) is 5. The van der Waals surface area contributed by atoms with Gasteiger partial charge in [0.1, 0.15) is 10.0 Å². The molecule has 8 rings (SSSR count). The number of aliphatic imine (C=N–C) groups is 1. The Labute approximate surface area is 241 Å². The van der Waals surface area contributed by atoms with Gasteiger partial charge in [-0.25, -0.2) is 4.98 Å². The molecule has 0 amide bonds. The predicted octanol–water partition coefficient (Wildman–Crippen LogP) is 5.01. The smallest absolute Gasteiger partial charge is 0.317 e. The van der Waals surface area contributed by atoms with Gasteiger partial charge in [-0.3, -0.25) is 9.79 Å². The lowest BCUT2D eigenvalue weighted by molar-refractivity contribution is -0.119. The van der Waals surface area contributed by atoms with Crippen molar-refractivity contribution in [3.05, 3.63) is 76.3 Å². The van der Waals surface area contributed by atoms with Crippen LogP contribution in [0.1, 0.15) is 54.3 Å². The number of anilines is 2. The topological polar surface area (TPSA) is 106 Å². The molecule has 2 aliphatic carbocycles. The van der Waals surface area contributed by atoms with Crippen molar-refractivity contribution in [3.8, 4) is 11.6 Å². The quantitative estimate of drug-likeness (QED) is 0.347. The third-order valence-corrected chi connectivity index (χ3v) is 10.1. The number of hydrogen-bond donors (Lipinski definition) is 1. The summed E-state index contributed by atoms with van der Waals surface area (Å²) in [5.74, 6) is 0.291. The molecule has 2 aliphatic heterocycles. The van der Waals surface area contributed by atoms with Crippen LogP contribution >= 0.6 is 11.3 Å². The molecule has 9 nitrogen and oxygen atoms in total. The molecule has 0 radical (unpaired) electrons. The standard InChI is InChI=1S/C31H30N6O3S/c1-31(12-7-13-31)29-33-25(28(41-29)37-14-15-39-23-17-21(23)37)27-35-36-30(40-27)34-26-22(38)16-19-10-5-6-11-20(19)24(32-26)18-8-3-2-4-9-18/h2-6,8-11,21,23,26H,7,12-17H2,1H3,(H,34,36)/t21-,23+,26-/m1/s1. The number of fused-ring (bicyclic) bond motifs is 2. The van der Waals surface area contributed by atoms with E-state index in [1.807, 2.05) is 54.6 Å². The fourth-order valence-corrected chi connectivity index (χ4v) is 7.45. The van der Waals surface area contributed by atoms with Crippen LogP contribution in [0.5, 0.6) is 0 Å². The number of benzene rings is 2. The molecule has 4 aliphatic rings. The van der Waals surface area contributed by atoms with Gasteiger partial charge >= 0.3 is 6.01 Å². The van der Waals surface area contributed by atoms with E-state index in [1.165, 1.54) is 6.42 Å². The monoisotopic (exact) mass is 566 g/mol. The Morgan fingerprint density at radius 1 is 1.07 bits per heavy atom. The molecule has 0 bridgehead atoms. The Morgan fingerprint density at radius 2 is 1.90 bits per heavy atom. The van der Waals surface area contributed by atoms with Crippen LogP contribution < -0.4 is 10.2 Å². The van der Waals surface area contributed by atoms with Gasteiger partial charge in [-0.2, -0.15) is 0 Å². The highest BCUT2D eigenvalue weighted by molar-refractivity contribution is 7.16. The van der Waals surface area contributed by atoms with Crippen molar-refractivity contribution in [2.24, 2.45) is 4.99 Å². The van der Waals surface area contributed by atoms with Crippen molar-refractivity contribution >= 4 is 33.8 Å². The highest BCUT2D eigenvalue weighted by Gasteiger charge is 2.48. The van der Waals surface area contributed by atoms with Crippen molar-refractivity contribution in [1.29, 1.82) is 0 Å². The van der Waals surface area contributed by atoms with E-state index in [1.54, 1.807) is 11.3 Å². The summed E-state index contributed by atoms with van der Waals surface area (Å²) in [5, 5.41) is 14.0. The Balaban J connectivity index is 1.13. The van der Waals surface area contributed by atoms with Gasteiger partial charge in [-0.1, -0.05) is 73.0 Å². The van der Waals surface area contributed by atoms with E-state index in [4.69, 9.17) is 19.1 Å². The van der Waals surface area contributed by atoms with E-state index < -0.39 is 6.17 Å². The van der Waals surface area contributed by atoms with E-state index in [-0.39, 0.29) is 23.6 Å². The lowest BCUT2D eigenvalue weighted by atomic mass is 9.71. The number of nitrogens with one attached hydrogen (secondary N) is 1. The molecule has 0 spiro atoms. The maximum Gasteiger partial charge on any atom is 0.317 e. The first-order chi connectivity index (χ1) is 20.1. The summed E-state index contributed by atoms with van der Waals surface area (Å²) in [6.07, 6.45) is 4.22. The number of aromatic nitrogens is 3. The molecule has 2 aromatic heterocycles. The molecule has 1 saturated heterocycles. The Hall–Kier alpha value is -3.89. The molecular weight excluding hydrogens is 536 g/mol. The molecule has 1 N–H and O–H groups in total. The number of carbonyl (C=O) groups is 1. The van der Waals surface area contributed by atoms with Gasteiger partial charge in [0.05, 0.1) is 24.5 Å². The second-order valence-electron chi connectivity index (χ2n) is 11.6. The van der Waals surface area contributed by atoms with E-state index >= 15 is 0 Å². The van der Waals surface area contributed by atoms with Gasteiger partial charge in [0, 0.05) is 29.5 Å². The Bertz CT molecular complexity index is 1660. The zero-order valence-electron chi connectivity index (χ0n) is 22.7. The van der Waals surface area contributed by atoms with E-state index in [0.717, 1.165) is 63.9 Å². The number of thiazole rings is 1. The Morgan fingerprint density at radius 3 is 2.73 bits per heavy atom. The maximum absolute atomic E-state index is 13.4. The summed E-state index contributed by atoms with van der Waals surface area (Å²) in [5.41, 5.74) is 4.42. The van der Waals surface area contributed by atoms with Gasteiger partial charge in [-0.05, 0) is 24.8 Å². The number of ether oxygens (including phenoxy) is 1. The fourth-order valence-electron chi connectivity index (χ4n) is 6.11. The van der Waals surface area contributed by atoms with Crippen molar-refractivity contribution < 1.29 is 13.9 Å². The number of rotatable bonds is 6. The maximum atomic E-state index is 13.4. The normalized spacial score (nSPS) is 24.5. The first-order valence-corrected chi connectivity index (χ1v) is 15.1. The molecule has 2 aromatic carbocycles. The Kier molecular flexibility index (Phi) is 5.82. The summed E-state index contributed by atoms with van der Waals surface area (Å²) in [7, 11) is 0. The second-order valence-corrected chi connectivity index (χ2v) is 12.6. The summed E-state index contributed by atoms with van der Waals surface area (Å²) >= 11 is 1.75. The van der Waals surface area contributed by atoms with Crippen molar-refractivity contribution in [2.75, 3.05) is 23.4 Å². The lowest BCUT2D eigenvalue weighted by Crippen LogP contribution is -2.36. The van der Waals surface area contributed by atoms with Gasteiger partial charge in [0.2, 0.25) is 0 Å². The largest absolute Gasteiger partial charge is 0.402 e. The minimum atomic E-state index is -0.864. The second kappa shape index (κ2) is 9.60. The molecule has 0 unspecified atom stereocenters. The van der Waals surface area contributed by atoms with Crippen molar-refractivity contribution in [2.45, 2.75) is 62.8 Å². The summed E-state index contributed by atoms with van der Waals surface area (Å²) in [4.78, 5) is 25.8. The summed E-state index contributed by atoms with van der Waals surface area (Å²) < 4.78 is 12.0. The molecule has 4 aromatic rings. The molecular formula is C31H30N6O3S. The fraction of sp³-hybridized carbons (Fsp3) is 0.387. The highest BCUT2D eigenvalue weighted by atomic mass is 32.1.